The van der Waals surface area contributed by atoms with Gasteiger partial charge in [0.05, 0.1) is 18.3 Å². The van der Waals surface area contributed by atoms with Gasteiger partial charge in [0.15, 0.2) is 0 Å². The number of nitrogens with two attached hydrogens (primary N) is 1. The van der Waals surface area contributed by atoms with E-state index < -0.39 is 0 Å². The minimum absolute atomic E-state index is 0.0564. The van der Waals surface area contributed by atoms with Crippen LogP contribution in [0.1, 0.15) is 17.5 Å². The molecule has 1 saturated heterocycles. The lowest BCUT2D eigenvalue weighted by atomic mass is 10.1. The summed E-state index contributed by atoms with van der Waals surface area (Å²) in [4.78, 5) is 26.1. The summed E-state index contributed by atoms with van der Waals surface area (Å²) in [5.41, 5.74) is 9.22. The standard InChI is InChI=1S/C23H27N9O/c1-16-3-2-4-17-11-18(12-30-9-6-25-20(24)14-30)23(28-22(16)17)31-8-5-19(13-31)27-21(33)15-32-10-7-26-29-32/h2-4,6-7,9-11,19H,5,8,12-15H2,1H3,(H2,24,25)(H,27,33). The fourth-order valence-electron chi connectivity index (χ4n) is 4.43. The van der Waals surface area contributed by atoms with Gasteiger partial charge in [-0.05, 0) is 25.0 Å². The number of nitrogens with zero attached hydrogens (tertiary/aromatic N) is 7. The van der Waals surface area contributed by atoms with Gasteiger partial charge in [0, 0.05) is 55.2 Å². The van der Waals surface area contributed by atoms with Crippen molar-refractivity contribution in [3.05, 3.63) is 60.2 Å². The molecular formula is C23H27N9O. The molecule has 33 heavy (non-hydrogen) atoms. The zero-order valence-corrected chi connectivity index (χ0v) is 18.6. The third-order valence-electron chi connectivity index (χ3n) is 5.99. The van der Waals surface area contributed by atoms with Crippen LogP contribution in [0.5, 0.6) is 0 Å². The number of carbonyl (C=O) groups excluding carboxylic acids is 1. The number of amidine groups is 1. The molecule has 10 heteroatoms. The number of rotatable bonds is 6. The molecule has 2 aliphatic rings. The lowest BCUT2D eigenvalue weighted by molar-refractivity contribution is -0.122. The highest BCUT2D eigenvalue weighted by molar-refractivity contribution is 5.85. The van der Waals surface area contributed by atoms with Crippen molar-refractivity contribution in [2.75, 3.05) is 24.5 Å². The molecule has 1 fully saturated rings. The van der Waals surface area contributed by atoms with Crippen LogP contribution in [0.4, 0.5) is 5.82 Å². The topological polar surface area (TPSA) is 118 Å². The van der Waals surface area contributed by atoms with Gasteiger partial charge >= 0.3 is 0 Å². The van der Waals surface area contributed by atoms with Gasteiger partial charge in [0.25, 0.3) is 0 Å². The lowest BCUT2D eigenvalue weighted by Crippen LogP contribution is -2.39. The number of fused-ring (bicyclic) bond motifs is 1. The fraction of sp³-hybridized carbons (Fsp3) is 0.348. The van der Waals surface area contributed by atoms with Crippen LogP contribution in [0.15, 0.2) is 54.1 Å². The molecule has 10 nitrogen and oxygen atoms in total. The van der Waals surface area contributed by atoms with Gasteiger partial charge in [-0.25, -0.2) is 14.7 Å². The largest absolute Gasteiger partial charge is 0.386 e. The van der Waals surface area contributed by atoms with Crippen molar-refractivity contribution in [3.63, 3.8) is 0 Å². The summed E-state index contributed by atoms with van der Waals surface area (Å²) in [7, 11) is 0. The molecular weight excluding hydrogens is 418 g/mol. The number of aliphatic imine (C=N–C) groups is 1. The highest BCUT2D eigenvalue weighted by atomic mass is 16.2. The minimum atomic E-state index is -0.0666. The lowest BCUT2D eigenvalue weighted by Gasteiger charge is -2.27. The van der Waals surface area contributed by atoms with Crippen LogP contribution in [-0.4, -0.2) is 62.3 Å². The molecule has 3 N–H and O–H groups in total. The number of hydrogen-bond donors (Lipinski definition) is 2. The first-order valence-corrected chi connectivity index (χ1v) is 11.1. The molecule has 5 rings (SSSR count). The molecule has 3 aromatic rings. The molecule has 0 aliphatic carbocycles. The van der Waals surface area contributed by atoms with Crippen LogP contribution in [0.2, 0.25) is 0 Å². The summed E-state index contributed by atoms with van der Waals surface area (Å²) in [5, 5.41) is 11.8. The van der Waals surface area contributed by atoms with E-state index in [2.05, 4.69) is 61.6 Å². The first-order valence-electron chi connectivity index (χ1n) is 11.1. The number of aryl methyl sites for hydroxylation is 1. The van der Waals surface area contributed by atoms with Crippen LogP contribution >= 0.6 is 0 Å². The molecule has 4 heterocycles. The van der Waals surface area contributed by atoms with Crippen molar-refractivity contribution >= 4 is 28.5 Å². The molecule has 2 aromatic heterocycles. The summed E-state index contributed by atoms with van der Waals surface area (Å²) in [5.74, 6) is 1.49. The van der Waals surface area contributed by atoms with Gasteiger partial charge in [0.2, 0.25) is 5.91 Å². The average Bonchev–Trinajstić information content (AvgIpc) is 3.46. The Morgan fingerprint density at radius 1 is 1.33 bits per heavy atom. The van der Waals surface area contributed by atoms with Crippen molar-refractivity contribution in [1.82, 2.24) is 30.2 Å². The van der Waals surface area contributed by atoms with E-state index in [9.17, 15) is 4.79 Å². The number of aromatic nitrogens is 4. The van der Waals surface area contributed by atoms with Gasteiger partial charge < -0.3 is 20.9 Å². The summed E-state index contributed by atoms with van der Waals surface area (Å²) >= 11 is 0. The predicted molar refractivity (Wildman–Crippen MR) is 126 cm³/mol. The van der Waals surface area contributed by atoms with E-state index in [1.165, 1.54) is 4.68 Å². The predicted octanol–water partition coefficient (Wildman–Crippen LogP) is 1.17. The third-order valence-corrected chi connectivity index (χ3v) is 5.99. The average molecular weight is 446 g/mol. The molecule has 170 valence electrons. The Labute approximate surface area is 191 Å². The van der Waals surface area contributed by atoms with Crippen LogP contribution in [0.3, 0.4) is 0 Å². The molecule has 1 amide bonds. The zero-order chi connectivity index (χ0) is 22.8. The second-order valence-electron chi connectivity index (χ2n) is 8.54. The molecule has 1 aromatic carbocycles. The molecule has 0 spiro atoms. The SMILES string of the molecule is Cc1cccc2cc(CN3C=CN=C(N)C3)c(N3CCC(NC(=O)Cn4ccnn4)C3)nc12. The Hall–Kier alpha value is -3.95. The van der Waals surface area contributed by atoms with Gasteiger partial charge in [-0.3, -0.25) is 4.79 Å². The van der Waals surface area contributed by atoms with Crippen molar-refractivity contribution in [1.29, 1.82) is 0 Å². The summed E-state index contributed by atoms with van der Waals surface area (Å²) in [6, 6.07) is 8.52. The fourth-order valence-corrected chi connectivity index (χ4v) is 4.43. The van der Waals surface area contributed by atoms with Crippen molar-refractivity contribution in [2.24, 2.45) is 10.7 Å². The maximum atomic E-state index is 12.4. The van der Waals surface area contributed by atoms with E-state index in [1.807, 2.05) is 6.20 Å². The number of nitrogens with one attached hydrogen (secondary N) is 1. The third kappa shape index (κ3) is 4.64. The van der Waals surface area contributed by atoms with Crippen molar-refractivity contribution in [3.8, 4) is 0 Å². The van der Waals surface area contributed by atoms with Crippen molar-refractivity contribution in [2.45, 2.75) is 32.5 Å². The quantitative estimate of drug-likeness (QED) is 0.585. The highest BCUT2D eigenvalue weighted by Crippen LogP contribution is 2.29. The van der Waals surface area contributed by atoms with E-state index in [0.29, 0.717) is 25.5 Å². The van der Waals surface area contributed by atoms with Crippen LogP contribution in [0.25, 0.3) is 10.9 Å². The number of benzene rings is 1. The van der Waals surface area contributed by atoms with E-state index >= 15 is 0 Å². The van der Waals surface area contributed by atoms with E-state index in [0.717, 1.165) is 40.8 Å². The Balaban J connectivity index is 1.37. The second kappa shape index (κ2) is 8.89. The normalized spacial score (nSPS) is 18.1. The Morgan fingerprint density at radius 2 is 2.24 bits per heavy atom. The van der Waals surface area contributed by atoms with Crippen molar-refractivity contribution < 1.29 is 4.79 Å². The zero-order valence-electron chi connectivity index (χ0n) is 18.6. The second-order valence-corrected chi connectivity index (χ2v) is 8.54. The minimum Gasteiger partial charge on any atom is -0.386 e. The molecule has 0 bridgehead atoms. The number of hydrogen-bond acceptors (Lipinski definition) is 8. The molecule has 0 radical (unpaired) electrons. The smallest absolute Gasteiger partial charge is 0.242 e. The van der Waals surface area contributed by atoms with E-state index in [1.54, 1.807) is 18.6 Å². The van der Waals surface area contributed by atoms with E-state index in [-0.39, 0.29) is 18.5 Å². The number of para-hydroxylation sites is 1. The summed E-state index contributed by atoms with van der Waals surface area (Å²) in [6.45, 7) is 5.05. The number of carbonyl (C=O) groups is 1. The molecule has 1 unspecified atom stereocenters. The maximum Gasteiger partial charge on any atom is 0.242 e. The monoisotopic (exact) mass is 445 g/mol. The summed E-state index contributed by atoms with van der Waals surface area (Å²) in [6.07, 6.45) is 7.79. The van der Waals surface area contributed by atoms with Gasteiger partial charge in [-0.1, -0.05) is 23.4 Å². The van der Waals surface area contributed by atoms with Crippen LogP contribution in [-0.2, 0) is 17.9 Å². The Kier molecular flexibility index (Phi) is 5.64. The first kappa shape index (κ1) is 20.9. The van der Waals surface area contributed by atoms with Crippen LogP contribution < -0.4 is 16.0 Å². The van der Waals surface area contributed by atoms with E-state index in [4.69, 9.17) is 10.7 Å². The maximum absolute atomic E-state index is 12.4. The van der Waals surface area contributed by atoms with Gasteiger partial charge in [0.1, 0.15) is 18.2 Å². The Bertz CT molecular complexity index is 1220. The summed E-state index contributed by atoms with van der Waals surface area (Å²) < 4.78 is 1.52. The number of pyridine rings is 1. The Morgan fingerprint density at radius 3 is 3.06 bits per heavy atom. The van der Waals surface area contributed by atoms with Gasteiger partial charge in [-0.15, -0.1) is 5.10 Å². The molecule has 2 aliphatic heterocycles. The molecule has 1 atom stereocenters. The van der Waals surface area contributed by atoms with Gasteiger partial charge in [-0.2, -0.15) is 0 Å². The first-order chi connectivity index (χ1) is 16.0. The van der Waals surface area contributed by atoms with Crippen LogP contribution in [0, 0.1) is 6.92 Å². The number of anilines is 1. The number of amides is 1. The highest BCUT2D eigenvalue weighted by Gasteiger charge is 2.27. The molecule has 0 saturated carbocycles.